The van der Waals surface area contributed by atoms with E-state index in [2.05, 4.69) is 70.3 Å². The van der Waals surface area contributed by atoms with Crippen molar-refractivity contribution in [3.05, 3.63) is 53.1 Å². The molecule has 2 aromatic rings. The third-order valence-electron chi connectivity index (χ3n) is 6.87. The van der Waals surface area contributed by atoms with Crippen LogP contribution in [0.5, 0.6) is 17.2 Å². The van der Waals surface area contributed by atoms with Gasteiger partial charge < -0.3 is 14.2 Å². The minimum atomic E-state index is -0.153. The molecule has 0 atom stereocenters. The Morgan fingerprint density at radius 1 is 0.914 bits per heavy atom. The van der Waals surface area contributed by atoms with Gasteiger partial charge in [0, 0.05) is 12.0 Å². The first kappa shape index (κ1) is 28.2. The molecular formula is C29H42N2O4. The molecule has 1 amide bonds. The van der Waals surface area contributed by atoms with Gasteiger partial charge in [-0.2, -0.15) is 5.10 Å². The normalized spacial score (nSPS) is 12.0. The molecule has 0 aliphatic rings. The second-order valence-corrected chi connectivity index (χ2v) is 10.0. The van der Waals surface area contributed by atoms with Crippen molar-refractivity contribution in [3.8, 4) is 17.2 Å². The van der Waals surface area contributed by atoms with Gasteiger partial charge >= 0.3 is 0 Å². The second-order valence-electron chi connectivity index (χ2n) is 10.0. The van der Waals surface area contributed by atoms with Gasteiger partial charge in [0.1, 0.15) is 5.75 Å². The lowest BCUT2D eigenvalue weighted by Gasteiger charge is -2.30. The molecule has 2 aromatic carbocycles. The molecule has 6 nitrogen and oxygen atoms in total. The molecule has 0 aliphatic carbocycles. The average molecular weight is 483 g/mol. The summed E-state index contributed by atoms with van der Waals surface area (Å²) in [4.78, 5) is 12.2. The van der Waals surface area contributed by atoms with Gasteiger partial charge in [-0.05, 0) is 65.5 Å². The van der Waals surface area contributed by atoms with Crippen LogP contribution in [0.25, 0.3) is 0 Å². The molecule has 2 rings (SSSR count). The number of ether oxygens (including phenoxy) is 3. The van der Waals surface area contributed by atoms with Crippen molar-refractivity contribution in [2.75, 3.05) is 20.8 Å². The molecule has 0 spiro atoms. The summed E-state index contributed by atoms with van der Waals surface area (Å²) in [6.45, 7) is 13.9. The van der Waals surface area contributed by atoms with Gasteiger partial charge in [0.15, 0.2) is 11.5 Å². The Hall–Kier alpha value is -3.02. The zero-order chi connectivity index (χ0) is 26.1. The number of hydrazone groups is 1. The molecule has 0 fully saturated rings. The highest BCUT2D eigenvalue weighted by atomic mass is 16.5. The van der Waals surface area contributed by atoms with Crippen LogP contribution in [0.1, 0.15) is 83.9 Å². The summed E-state index contributed by atoms with van der Waals surface area (Å²) in [6.07, 6.45) is 4.60. The molecule has 0 aromatic heterocycles. The Labute approximate surface area is 211 Å². The lowest BCUT2D eigenvalue weighted by molar-refractivity contribution is -0.121. The van der Waals surface area contributed by atoms with Crippen molar-refractivity contribution in [1.82, 2.24) is 5.43 Å². The minimum absolute atomic E-state index is 0.00535. The molecule has 0 unspecified atom stereocenters. The van der Waals surface area contributed by atoms with E-state index in [1.807, 2.05) is 6.07 Å². The second kappa shape index (κ2) is 12.6. The molecule has 6 heteroatoms. The van der Waals surface area contributed by atoms with Crippen LogP contribution in [0.4, 0.5) is 0 Å². The fourth-order valence-corrected chi connectivity index (χ4v) is 3.58. The number of nitrogens with zero attached hydrogens (tertiary/aromatic N) is 1. The summed E-state index contributed by atoms with van der Waals surface area (Å²) in [5.74, 6) is 2.00. The number of nitrogens with one attached hydrogen (secondary N) is 1. The molecule has 0 radical (unpaired) electrons. The third-order valence-corrected chi connectivity index (χ3v) is 6.87. The molecule has 0 saturated carbocycles. The van der Waals surface area contributed by atoms with E-state index in [-0.39, 0.29) is 16.7 Å². The van der Waals surface area contributed by atoms with Crippen molar-refractivity contribution in [1.29, 1.82) is 0 Å². The van der Waals surface area contributed by atoms with Crippen molar-refractivity contribution in [2.45, 2.75) is 78.1 Å². The number of hydrogen-bond donors (Lipinski definition) is 1. The van der Waals surface area contributed by atoms with E-state index in [1.54, 1.807) is 32.6 Å². The predicted octanol–water partition coefficient (Wildman–Crippen LogP) is 6.39. The van der Waals surface area contributed by atoms with Crippen LogP contribution in [0.2, 0.25) is 0 Å². The van der Waals surface area contributed by atoms with E-state index < -0.39 is 0 Å². The number of rotatable bonds is 13. The van der Waals surface area contributed by atoms with Gasteiger partial charge in [-0.25, -0.2) is 5.43 Å². The fraction of sp³-hybridized carbons (Fsp3) is 0.517. The van der Waals surface area contributed by atoms with E-state index in [9.17, 15) is 4.79 Å². The maximum absolute atomic E-state index is 12.2. The van der Waals surface area contributed by atoms with E-state index >= 15 is 0 Å². The number of carbonyl (C=O) groups is 1. The minimum Gasteiger partial charge on any atom is -0.493 e. The van der Waals surface area contributed by atoms with E-state index in [0.717, 1.165) is 24.2 Å². The van der Waals surface area contributed by atoms with Crippen molar-refractivity contribution in [3.63, 3.8) is 0 Å². The topological polar surface area (TPSA) is 69.2 Å². The van der Waals surface area contributed by atoms with Crippen LogP contribution in [-0.4, -0.2) is 32.9 Å². The van der Waals surface area contributed by atoms with Crippen molar-refractivity contribution >= 4 is 12.1 Å². The van der Waals surface area contributed by atoms with Crippen LogP contribution in [0, 0.1) is 0 Å². The highest BCUT2D eigenvalue weighted by Crippen LogP contribution is 2.38. The quantitative estimate of drug-likeness (QED) is 0.204. The Balaban J connectivity index is 1.93. The zero-order valence-electron chi connectivity index (χ0n) is 22.7. The highest BCUT2D eigenvalue weighted by molar-refractivity contribution is 5.83. The molecule has 192 valence electrons. The predicted molar refractivity (Wildman–Crippen MR) is 143 cm³/mol. The van der Waals surface area contributed by atoms with Gasteiger partial charge in [0.05, 0.1) is 27.0 Å². The van der Waals surface area contributed by atoms with Crippen LogP contribution in [0.3, 0.4) is 0 Å². The first-order chi connectivity index (χ1) is 16.6. The number of carbonyl (C=O) groups excluding carboxylic acids is 1. The lowest BCUT2D eigenvalue weighted by atomic mass is 9.76. The summed E-state index contributed by atoms with van der Waals surface area (Å²) in [5, 5.41) is 4.05. The van der Waals surface area contributed by atoms with Crippen LogP contribution < -0.4 is 19.6 Å². The Kier molecular flexibility index (Phi) is 10.2. The van der Waals surface area contributed by atoms with Gasteiger partial charge in [0.25, 0.3) is 0 Å². The van der Waals surface area contributed by atoms with Gasteiger partial charge in [0.2, 0.25) is 5.91 Å². The highest BCUT2D eigenvalue weighted by Gasteiger charge is 2.26. The Bertz CT molecular complexity index is 1010. The molecule has 1 N–H and O–H groups in total. The van der Waals surface area contributed by atoms with Crippen LogP contribution >= 0.6 is 0 Å². The summed E-state index contributed by atoms with van der Waals surface area (Å²) in [6, 6.07) is 12.0. The summed E-state index contributed by atoms with van der Waals surface area (Å²) in [7, 11) is 3.17. The fourth-order valence-electron chi connectivity index (χ4n) is 3.58. The largest absolute Gasteiger partial charge is 0.493 e. The van der Waals surface area contributed by atoms with Gasteiger partial charge in [-0.1, -0.05) is 53.7 Å². The standard InChI is InChI=1S/C29H42N2O4/c1-9-28(3,4)22-14-16-24(23(19-22)29(5,6)10-2)35-17-11-12-27(32)31-30-20-21-13-15-25(33-7)26(18-21)34-8/h13-16,18-20H,9-12,17H2,1-8H3,(H,31,32). The average Bonchev–Trinajstić information content (AvgIpc) is 2.86. The zero-order valence-corrected chi connectivity index (χ0v) is 22.7. The molecule has 0 heterocycles. The van der Waals surface area contributed by atoms with Crippen molar-refractivity contribution in [2.24, 2.45) is 5.10 Å². The molecular weight excluding hydrogens is 440 g/mol. The first-order valence-electron chi connectivity index (χ1n) is 12.4. The summed E-state index contributed by atoms with van der Waals surface area (Å²) in [5.41, 5.74) is 6.05. The molecule has 0 bridgehead atoms. The number of benzene rings is 2. The molecule has 0 aliphatic heterocycles. The van der Waals surface area contributed by atoms with E-state index in [4.69, 9.17) is 14.2 Å². The lowest BCUT2D eigenvalue weighted by Crippen LogP contribution is -2.21. The summed E-state index contributed by atoms with van der Waals surface area (Å²) < 4.78 is 16.7. The Morgan fingerprint density at radius 2 is 1.57 bits per heavy atom. The van der Waals surface area contributed by atoms with Crippen molar-refractivity contribution < 1.29 is 19.0 Å². The SMILES string of the molecule is CCC(C)(C)c1ccc(OCCCC(=O)NN=Cc2ccc(OC)c(OC)c2)c(C(C)(C)CC)c1. The Morgan fingerprint density at radius 3 is 2.20 bits per heavy atom. The maximum atomic E-state index is 12.2. The maximum Gasteiger partial charge on any atom is 0.240 e. The number of hydrogen-bond acceptors (Lipinski definition) is 5. The third kappa shape index (κ3) is 7.74. The molecule has 35 heavy (non-hydrogen) atoms. The number of amides is 1. The van der Waals surface area contributed by atoms with E-state index in [0.29, 0.717) is 30.9 Å². The van der Waals surface area contributed by atoms with Gasteiger partial charge in [-0.3, -0.25) is 4.79 Å². The first-order valence-corrected chi connectivity index (χ1v) is 12.4. The summed E-state index contributed by atoms with van der Waals surface area (Å²) >= 11 is 0. The monoisotopic (exact) mass is 482 g/mol. The smallest absolute Gasteiger partial charge is 0.240 e. The van der Waals surface area contributed by atoms with Gasteiger partial charge in [-0.15, -0.1) is 0 Å². The van der Waals surface area contributed by atoms with Crippen LogP contribution in [-0.2, 0) is 15.6 Å². The number of methoxy groups -OCH3 is 2. The van der Waals surface area contributed by atoms with Crippen LogP contribution in [0.15, 0.2) is 41.5 Å². The van der Waals surface area contributed by atoms with E-state index in [1.165, 1.54) is 11.1 Å². The molecule has 0 saturated heterocycles.